The van der Waals surface area contributed by atoms with E-state index in [1.165, 1.54) is 15.3 Å². The molecule has 1 atom stereocenters. The molecule has 1 heterocycles. The lowest BCUT2D eigenvalue weighted by atomic mass is 10.2. The third-order valence-corrected chi connectivity index (χ3v) is 4.39. The zero-order valence-corrected chi connectivity index (χ0v) is 12.9. The van der Waals surface area contributed by atoms with Gasteiger partial charge in [-0.05, 0) is 49.9 Å². The molecule has 0 fully saturated rings. The Labute approximate surface area is 121 Å². The maximum atomic E-state index is 3.46. The molecule has 3 heteroatoms. The predicted octanol–water partition coefficient (Wildman–Crippen LogP) is 4.80. The quantitative estimate of drug-likeness (QED) is 0.853. The van der Waals surface area contributed by atoms with E-state index >= 15 is 0 Å². The standard InChI is InChI=1S/C15H16BrNS/c1-11(17-2)3-8-14-9-10-15(18-14)12-4-6-13(16)7-5-12/h3-11,17H,1-2H3/b8-3+. The fourth-order valence-corrected chi connectivity index (χ4v) is 2.74. The Kier molecular flexibility index (Phi) is 4.75. The Morgan fingerprint density at radius 2 is 1.89 bits per heavy atom. The second kappa shape index (κ2) is 6.32. The van der Waals surface area contributed by atoms with E-state index in [-0.39, 0.29) is 0 Å². The minimum atomic E-state index is 0.406. The molecule has 0 saturated heterocycles. The molecule has 0 bridgehead atoms. The van der Waals surface area contributed by atoms with Crippen molar-refractivity contribution in [3.63, 3.8) is 0 Å². The molecule has 1 nitrogen and oxygen atoms in total. The Hall–Kier alpha value is -0.900. The number of hydrogen-bond donors (Lipinski definition) is 1. The number of likely N-dealkylation sites (N-methyl/N-ethyl adjacent to an activating group) is 1. The van der Waals surface area contributed by atoms with Crippen LogP contribution in [0.4, 0.5) is 0 Å². The van der Waals surface area contributed by atoms with Crippen molar-refractivity contribution in [1.82, 2.24) is 5.32 Å². The van der Waals surface area contributed by atoms with Crippen LogP contribution in [0.1, 0.15) is 11.8 Å². The van der Waals surface area contributed by atoms with E-state index < -0.39 is 0 Å². The summed E-state index contributed by atoms with van der Waals surface area (Å²) in [7, 11) is 1.97. The Balaban J connectivity index is 2.15. The third-order valence-electron chi connectivity index (χ3n) is 2.76. The van der Waals surface area contributed by atoms with Crippen molar-refractivity contribution >= 4 is 33.3 Å². The summed E-state index contributed by atoms with van der Waals surface area (Å²) >= 11 is 5.27. The van der Waals surface area contributed by atoms with E-state index in [0.717, 1.165) is 4.47 Å². The first kappa shape index (κ1) is 13.5. The van der Waals surface area contributed by atoms with Crippen LogP contribution in [-0.2, 0) is 0 Å². The molecule has 0 aliphatic rings. The lowest BCUT2D eigenvalue weighted by Crippen LogP contribution is -2.17. The van der Waals surface area contributed by atoms with Crippen LogP contribution in [0.5, 0.6) is 0 Å². The maximum absolute atomic E-state index is 3.46. The first-order valence-corrected chi connectivity index (χ1v) is 7.51. The van der Waals surface area contributed by atoms with Gasteiger partial charge in [0.1, 0.15) is 0 Å². The van der Waals surface area contributed by atoms with Gasteiger partial charge in [-0.1, -0.05) is 34.1 Å². The zero-order chi connectivity index (χ0) is 13.0. The highest BCUT2D eigenvalue weighted by molar-refractivity contribution is 9.10. The summed E-state index contributed by atoms with van der Waals surface area (Å²) in [5, 5.41) is 3.19. The molecular formula is C15H16BrNS. The minimum Gasteiger partial charge on any atom is -0.314 e. The van der Waals surface area contributed by atoms with Gasteiger partial charge in [0.05, 0.1) is 0 Å². The van der Waals surface area contributed by atoms with E-state index in [2.05, 4.69) is 76.7 Å². The van der Waals surface area contributed by atoms with Gasteiger partial charge in [-0.3, -0.25) is 0 Å². The van der Waals surface area contributed by atoms with Crippen LogP contribution in [0, 0.1) is 0 Å². The monoisotopic (exact) mass is 321 g/mol. The highest BCUT2D eigenvalue weighted by Crippen LogP contribution is 2.29. The van der Waals surface area contributed by atoms with Gasteiger partial charge in [-0.2, -0.15) is 0 Å². The van der Waals surface area contributed by atoms with Crippen molar-refractivity contribution in [2.45, 2.75) is 13.0 Å². The highest BCUT2D eigenvalue weighted by Gasteiger charge is 2.01. The van der Waals surface area contributed by atoms with Crippen molar-refractivity contribution in [2.24, 2.45) is 0 Å². The van der Waals surface area contributed by atoms with Gasteiger partial charge >= 0.3 is 0 Å². The summed E-state index contributed by atoms with van der Waals surface area (Å²) in [6.45, 7) is 2.14. The van der Waals surface area contributed by atoms with Crippen LogP contribution < -0.4 is 5.32 Å². The molecule has 0 saturated carbocycles. The first-order chi connectivity index (χ1) is 8.69. The molecular weight excluding hydrogens is 306 g/mol. The fraction of sp³-hybridized carbons (Fsp3) is 0.200. The fourth-order valence-electron chi connectivity index (χ4n) is 1.55. The topological polar surface area (TPSA) is 12.0 Å². The smallest absolute Gasteiger partial charge is 0.0349 e. The normalized spacial score (nSPS) is 13.1. The zero-order valence-electron chi connectivity index (χ0n) is 10.5. The van der Waals surface area contributed by atoms with Crippen molar-refractivity contribution in [1.29, 1.82) is 0 Å². The number of halogens is 1. The molecule has 2 rings (SSSR count). The van der Waals surface area contributed by atoms with E-state index in [1.54, 1.807) is 0 Å². The molecule has 0 radical (unpaired) electrons. The van der Waals surface area contributed by atoms with Crippen molar-refractivity contribution in [3.8, 4) is 10.4 Å². The van der Waals surface area contributed by atoms with Gasteiger partial charge in [0.15, 0.2) is 0 Å². The first-order valence-electron chi connectivity index (χ1n) is 5.90. The predicted molar refractivity (Wildman–Crippen MR) is 85.0 cm³/mol. The third kappa shape index (κ3) is 3.55. The van der Waals surface area contributed by atoms with Gasteiger partial charge in [0, 0.05) is 20.3 Å². The Morgan fingerprint density at radius 3 is 2.56 bits per heavy atom. The summed E-state index contributed by atoms with van der Waals surface area (Å²) in [4.78, 5) is 2.59. The molecule has 0 aliphatic carbocycles. The molecule has 1 N–H and O–H groups in total. The van der Waals surface area contributed by atoms with Crippen molar-refractivity contribution < 1.29 is 0 Å². The van der Waals surface area contributed by atoms with Crippen LogP contribution in [0.25, 0.3) is 16.5 Å². The number of rotatable bonds is 4. The van der Waals surface area contributed by atoms with Crippen molar-refractivity contribution in [2.75, 3.05) is 7.05 Å². The van der Waals surface area contributed by atoms with Crippen molar-refractivity contribution in [3.05, 3.63) is 51.8 Å². The van der Waals surface area contributed by atoms with E-state index in [0.29, 0.717) is 6.04 Å². The number of nitrogens with one attached hydrogen (secondary N) is 1. The van der Waals surface area contributed by atoms with Crippen LogP contribution in [-0.4, -0.2) is 13.1 Å². The lowest BCUT2D eigenvalue weighted by molar-refractivity contribution is 0.732. The van der Waals surface area contributed by atoms with Crippen LogP contribution in [0.2, 0.25) is 0 Å². The second-order valence-electron chi connectivity index (χ2n) is 4.15. The molecule has 1 aromatic carbocycles. The molecule has 18 heavy (non-hydrogen) atoms. The molecule has 0 spiro atoms. The van der Waals surface area contributed by atoms with E-state index in [4.69, 9.17) is 0 Å². The SMILES string of the molecule is CNC(C)/C=C/c1ccc(-c2ccc(Br)cc2)s1. The van der Waals surface area contributed by atoms with Gasteiger partial charge < -0.3 is 5.32 Å². The van der Waals surface area contributed by atoms with E-state index in [1.807, 2.05) is 18.4 Å². The van der Waals surface area contributed by atoms with Gasteiger partial charge in [0.2, 0.25) is 0 Å². The molecule has 94 valence electrons. The summed E-state index contributed by atoms with van der Waals surface area (Å²) in [5.41, 5.74) is 1.27. The number of hydrogen-bond acceptors (Lipinski definition) is 2. The average Bonchev–Trinajstić information content (AvgIpc) is 2.85. The summed E-state index contributed by atoms with van der Waals surface area (Å²) in [6, 6.07) is 13.2. The largest absolute Gasteiger partial charge is 0.314 e. The summed E-state index contributed by atoms with van der Waals surface area (Å²) in [6.07, 6.45) is 4.35. The molecule has 0 amide bonds. The number of thiophene rings is 1. The van der Waals surface area contributed by atoms with E-state index in [9.17, 15) is 0 Å². The van der Waals surface area contributed by atoms with Gasteiger partial charge in [0.25, 0.3) is 0 Å². The average molecular weight is 322 g/mol. The highest BCUT2D eigenvalue weighted by atomic mass is 79.9. The Bertz CT molecular complexity index is 528. The lowest BCUT2D eigenvalue weighted by Gasteiger charge is -2.00. The minimum absolute atomic E-state index is 0.406. The molecule has 1 unspecified atom stereocenters. The van der Waals surface area contributed by atoms with Gasteiger partial charge in [-0.25, -0.2) is 0 Å². The maximum Gasteiger partial charge on any atom is 0.0349 e. The molecule has 0 aliphatic heterocycles. The molecule has 2 aromatic rings. The Morgan fingerprint density at radius 1 is 1.17 bits per heavy atom. The summed E-state index contributed by atoms with van der Waals surface area (Å²) < 4.78 is 1.12. The number of benzene rings is 1. The van der Waals surface area contributed by atoms with Gasteiger partial charge in [-0.15, -0.1) is 11.3 Å². The van der Waals surface area contributed by atoms with Crippen LogP contribution in [0.15, 0.2) is 46.9 Å². The summed E-state index contributed by atoms with van der Waals surface area (Å²) in [5.74, 6) is 0. The van der Waals surface area contributed by atoms with Crippen LogP contribution in [0.3, 0.4) is 0 Å². The second-order valence-corrected chi connectivity index (χ2v) is 6.18. The molecule has 1 aromatic heterocycles. The van der Waals surface area contributed by atoms with Crippen LogP contribution >= 0.6 is 27.3 Å².